The van der Waals surface area contributed by atoms with Crippen molar-refractivity contribution in [2.45, 2.75) is 44.6 Å². The maximum atomic E-state index is 12.4. The predicted octanol–water partition coefficient (Wildman–Crippen LogP) is 2.96. The second kappa shape index (κ2) is 8.17. The Balaban J connectivity index is 2.83. The van der Waals surface area contributed by atoms with Gasteiger partial charge in [0.05, 0.1) is 6.54 Å². The van der Waals surface area contributed by atoms with E-state index in [-0.39, 0.29) is 9.56 Å². The fourth-order valence-electron chi connectivity index (χ4n) is 1.78. The van der Waals surface area contributed by atoms with Crippen molar-refractivity contribution < 1.29 is 12.8 Å². The van der Waals surface area contributed by atoms with Crippen LogP contribution in [0.5, 0.6) is 0 Å². The zero-order valence-electron chi connectivity index (χ0n) is 12.3. The number of hydrogen-bond donors (Lipinski definition) is 1. The Morgan fingerprint density at radius 3 is 2.65 bits per heavy atom. The van der Waals surface area contributed by atoms with Crippen molar-refractivity contribution in [2.75, 3.05) is 20.1 Å². The fraction of sp³-hybridized carbons (Fsp3) is 0.692. The maximum Gasteiger partial charge on any atom is 0.247 e. The minimum absolute atomic E-state index is 0.199. The van der Waals surface area contributed by atoms with Crippen LogP contribution in [0.25, 0.3) is 0 Å². The van der Waals surface area contributed by atoms with E-state index in [9.17, 15) is 8.42 Å². The van der Waals surface area contributed by atoms with Crippen LogP contribution in [0.15, 0.2) is 20.0 Å². The number of halogens is 1. The van der Waals surface area contributed by atoms with Crippen LogP contribution in [-0.2, 0) is 16.6 Å². The molecule has 0 radical (unpaired) electrons. The molecule has 0 fully saturated rings. The number of unbranched alkanes of at least 4 members (excludes halogenated alkanes) is 2. The summed E-state index contributed by atoms with van der Waals surface area (Å²) in [6.45, 7) is 5.92. The highest BCUT2D eigenvalue weighted by molar-refractivity contribution is 9.10. The van der Waals surface area contributed by atoms with E-state index in [4.69, 9.17) is 4.42 Å². The van der Waals surface area contributed by atoms with Crippen LogP contribution in [0, 0.1) is 0 Å². The molecule has 0 bridgehead atoms. The normalized spacial score (nSPS) is 12.2. The van der Waals surface area contributed by atoms with Gasteiger partial charge in [0.1, 0.15) is 10.7 Å². The van der Waals surface area contributed by atoms with E-state index in [1.165, 1.54) is 4.31 Å². The lowest BCUT2D eigenvalue weighted by Gasteiger charge is -2.15. The zero-order valence-corrected chi connectivity index (χ0v) is 14.7. The summed E-state index contributed by atoms with van der Waals surface area (Å²) >= 11 is 3.19. The molecule has 0 aliphatic heterocycles. The summed E-state index contributed by atoms with van der Waals surface area (Å²) in [5.41, 5.74) is 0. The van der Waals surface area contributed by atoms with Crippen molar-refractivity contribution in [3.05, 3.63) is 16.5 Å². The average molecular weight is 367 g/mol. The molecule has 0 aliphatic carbocycles. The molecule has 0 saturated heterocycles. The van der Waals surface area contributed by atoms with Crippen LogP contribution < -0.4 is 5.32 Å². The van der Waals surface area contributed by atoms with Gasteiger partial charge in [-0.15, -0.1) is 0 Å². The Morgan fingerprint density at radius 1 is 1.35 bits per heavy atom. The van der Waals surface area contributed by atoms with Crippen molar-refractivity contribution >= 4 is 26.0 Å². The summed E-state index contributed by atoms with van der Waals surface area (Å²) in [6.07, 6.45) is 2.96. The van der Waals surface area contributed by atoms with E-state index in [0.717, 1.165) is 25.8 Å². The van der Waals surface area contributed by atoms with Gasteiger partial charge in [-0.25, -0.2) is 12.7 Å². The number of rotatable bonds is 9. The molecule has 1 aromatic rings. The molecular weight excluding hydrogens is 344 g/mol. The van der Waals surface area contributed by atoms with E-state index in [0.29, 0.717) is 18.8 Å². The molecule has 5 nitrogen and oxygen atoms in total. The average Bonchev–Trinajstić information content (AvgIpc) is 2.78. The van der Waals surface area contributed by atoms with Gasteiger partial charge in [0.2, 0.25) is 10.0 Å². The molecule has 0 aliphatic rings. The summed E-state index contributed by atoms with van der Waals surface area (Å²) in [5, 5.41) is 3.10. The molecule has 1 aromatic heterocycles. The first-order chi connectivity index (χ1) is 9.43. The van der Waals surface area contributed by atoms with Crippen LogP contribution in [0.1, 0.15) is 38.9 Å². The van der Waals surface area contributed by atoms with E-state index in [1.54, 1.807) is 13.1 Å². The van der Waals surface area contributed by atoms with Crippen LogP contribution in [-0.4, -0.2) is 32.9 Å². The van der Waals surface area contributed by atoms with Gasteiger partial charge in [-0.3, -0.25) is 0 Å². The number of nitrogens with one attached hydrogen (secondary N) is 1. The molecule has 116 valence electrons. The Morgan fingerprint density at radius 2 is 2.05 bits per heavy atom. The predicted molar refractivity (Wildman–Crippen MR) is 83.1 cm³/mol. The highest BCUT2D eigenvalue weighted by Gasteiger charge is 2.26. The second-order valence-corrected chi connectivity index (χ2v) is 7.40. The SMILES string of the molecule is CCCCCN(C)S(=O)(=O)c1cc(CNCC)oc1Br. The van der Waals surface area contributed by atoms with Gasteiger partial charge in [-0.1, -0.05) is 26.7 Å². The number of hydrogen-bond acceptors (Lipinski definition) is 4. The van der Waals surface area contributed by atoms with Crippen molar-refractivity contribution in [3.8, 4) is 0 Å². The molecule has 7 heteroatoms. The summed E-state index contributed by atoms with van der Waals surface area (Å²) < 4.78 is 32.0. The number of nitrogens with zero attached hydrogens (tertiary/aromatic N) is 1. The topological polar surface area (TPSA) is 62.6 Å². The monoisotopic (exact) mass is 366 g/mol. The Labute approximate surface area is 129 Å². The van der Waals surface area contributed by atoms with E-state index >= 15 is 0 Å². The zero-order chi connectivity index (χ0) is 15.2. The molecule has 0 atom stereocenters. The van der Waals surface area contributed by atoms with Gasteiger partial charge in [-0.05, 0) is 28.9 Å². The summed E-state index contributed by atoms with van der Waals surface area (Å²) in [7, 11) is -1.88. The van der Waals surface area contributed by atoms with Crippen LogP contribution in [0.2, 0.25) is 0 Å². The lowest BCUT2D eigenvalue weighted by molar-refractivity contribution is 0.445. The largest absolute Gasteiger partial charge is 0.452 e. The number of furan rings is 1. The van der Waals surface area contributed by atoms with Crippen molar-refractivity contribution in [1.82, 2.24) is 9.62 Å². The van der Waals surface area contributed by atoms with Crippen LogP contribution >= 0.6 is 15.9 Å². The van der Waals surface area contributed by atoms with Crippen molar-refractivity contribution in [2.24, 2.45) is 0 Å². The quantitative estimate of drug-likeness (QED) is 0.682. The lowest BCUT2D eigenvalue weighted by atomic mass is 10.2. The van der Waals surface area contributed by atoms with Gasteiger partial charge in [0.25, 0.3) is 0 Å². The third-order valence-electron chi connectivity index (χ3n) is 3.02. The van der Waals surface area contributed by atoms with Crippen molar-refractivity contribution in [1.29, 1.82) is 0 Å². The van der Waals surface area contributed by atoms with E-state index in [2.05, 4.69) is 28.2 Å². The lowest BCUT2D eigenvalue weighted by Crippen LogP contribution is -2.27. The molecule has 0 amide bonds. The molecule has 0 unspecified atom stereocenters. The second-order valence-electron chi connectivity index (χ2n) is 4.66. The molecule has 1 heterocycles. The molecule has 1 rings (SSSR count). The summed E-state index contributed by atoms with van der Waals surface area (Å²) in [5.74, 6) is 0.610. The first kappa shape index (κ1) is 17.7. The van der Waals surface area contributed by atoms with Gasteiger partial charge >= 0.3 is 0 Å². The Kier molecular flexibility index (Phi) is 7.22. The Bertz CT molecular complexity index is 514. The Hall–Kier alpha value is -0.370. The first-order valence-electron chi connectivity index (χ1n) is 6.88. The standard InChI is InChI=1S/C13H23BrN2O3S/c1-4-6-7-8-16(3)20(17,18)12-9-11(10-15-5-2)19-13(12)14/h9,15H,4-8,10H2,1-3H3. The third kappa shape index (κ3) is 4.58. The summed E-state index contributed by atoms with van der Waals surface area (Å²) in [6, 6.07) is 1.58. The molecular formula is C13H23BrN2O3S. The highest BCUT2D eigenvalue weighted by Crippen LogP contribution is 2.28. The van der Waals surface area contributed by atoms with E-state index < -0.39 is 10.0 Å². The van der Waals surface area contributed by atoms with Crippen molar-refractivity contribution in [3.63, 3.8) is 0 Å². The van der Waals surface area contributed by atoms with Gasteiger partial charge in [0, 0.05) is 19.7 Å². The smallest absolute Gasteiger partial charge is 0.247 e. The maximum absolute atomic E-state index is 12.4. The van der Waals surface area contributed by atoms with Gasteiger partial charge in [-0.2, -0.15) is 0 Å². The van der Waals surface area contributed by atoms with Gasteiger partial charge < -0.3 is 9.73 Å². The molecule has 0 spiro atoms. The highest BCUT2D eigenvalue weighted by atomic mass is 79.9. The fourth-order valence-corrected chi connectivity index (χ4v) is 3.95. The molecule has 20 heavy (non-hydrogen) atoms. The van der Waals surface area contributed by atoms with E-state index in [1.807, 2.05) is 6.92 Å². The molecule has 1 N–H and O–H groups in total. The summed E-state index contributed by atoms with van der Waals surface area (Å²) in [4.78, 5) is 0.199. The van der Waals surface area contributed by atoms with Crippen LogP contribution in [0.4, 0.5) is 0 Å². The van der Waals surface area contributed by atoms with Crippen LogP contribution in [0.3, 0.4) is 0 Å². The first-order valence-corrected chi connectivity index (χ1v) is 9.12. The minimum Gasteiger partial charge on any atom is -0.452 e. The molecule has 0 saturated carbocycles. The van der Waals surface area contributed by atoms with Gasteiger partial charge in [0.15, 0.2) is 4.67 Å². The number of sulfonamides is 1. The minimum atomic E-state index is -3.49. The molecule has 0 aromatic carbocycles. The third-order valence-corrected chi connectivity index (χ3v) is 5.73.